The Bertz CT molecular complexity index is 67.0. The van der Waals surface area contributed by atoms with Gasteiger partial charge in [-0.25, -0.2) is 0 Å². The van der Waals surface area contributed by atoms with Gasteiger partial charge in [0.05, 0.1) is 6.10 Å². The van der Waals surface area contributed by atoms with Gasteiger partial charge in [0.15, 0.2) is 0 Å². The van der Waals surface area contributed by atoms with E-state index in [0.29, 0.717) is 6.42 Å². The van der Waals surface area contributed by atoms with Gasteiger partial charge in [-0.2, -0.15) is 0 Å². The summed E-state index contributed by atoms with van der Waals surface area (Å²) < 4.78 is 0. The second-order valence-electron chi connectivity index (χ2n) is 2.03. The fraction of sp³-hybridized carbons (Fsp3) is 1.00. The van der Waals surface area contributed by atoms with Crippen LogP contribution in [0.4, 0.5) is 0 Å². The van der Waals surface area contributed by atoms with Crippen molar-refractivity contribution in [2.24, 2.45) is 0 Å². The van der Waals surface area contributed by atoms with Crippen LogP contribution in [0, 0.1) is 0 Å². The summed E-state index contributed by atoms with van der Waals surface area (Å²) in [7, 11) is 0. The molecular weight excluding hydrogens is 354 g/mol. The molecule has 0 saturated heterocycles. The monoisotopic (exact) mass is 376 g/mol. The van der Waals surface area contributed by atoms with Crippen LogP contribution in [-0.2, 0) is 65.4 Å². The molecule has 0 heterocycles. The van der Waals surface area contributed by atoms with Gasteiger partial charge in [-0.15, -0.1) is 0 Å². The summed E-state index contributed by atoms with van der Waals surface area (Å²) in [6.45, 7) is 3.16. The predicted molar refractivity (Wildman–Crippen MR) is 50.1 cm³/mol. The molecule has 0 bridgehead atoms. The largest absolute Gasteiger partial charge is 0.397 e. The standard InChI is InChI=1S/C5H12O2.C2H6O.CH4O2.2Y/c1-2-5(7)3-4-6;1-2-3;2-1-3;;/h5-7H,2-4H2,1H3;3H,2H2,1H3;2-3H,1H2;;. The van der Waals surface area contributed by atoms with Crippen LogP contribution in [0.3, 0.4) is 0 Å². The Labute approximate surface area is 142 Å². The molecule has 0 aliphatic rings. The van der Waals surface area contributed by atoms with Crippen LogP contribution in [0.15, 0.2) is 0 Å². The first-order valence-corrected chi connectivity index (χ1v) is 4.25. The van der Waals surface area contributed by atoms with E-state index in [1.54, 1.807) is 6.92 Å². The van der Waals surface area contributed by atoms with E-state index in [1.807, 2.05) is 6.92 Å². The smallest absolute Gasteiger partial charge is 0.140 e. The SMILES string of the molecule is CCC(O)CCO.CCO.OCO.[Y].[Y]. The van der Waals surface area contributed by atoms with Crippen molar-refractivity contribution in [1.82, 2.24) is 0 Å². The molecule has 2 radical (unpaired) electrons. The fourth-order valence-corrected chi connectivity index (χ4v) is 0.353. The molecule has 90 valence electrons. The number of aliphatic hydroxyl groups excluding tert-OH is 4. The molecule has 0 aromatic rings. The van der Waals surface area contributed by atoms with E-state index in [0.717, 1.165) is 6.42 Å². The number of rotatable bonds is 3. The van der Waals surface area contributed by atoms with E-state index in [-0.39, 0.29) is 84.7 Å². The molecule has 0 amide bonds. The summed E-state index contributed by atoms with van der Waals surface area (Å²) in [5, 5.41) is 38.7. The maximum Gasteiger partial charge on any atom is 0.140 e. The Balaban J connectivity index is -0.0000000361. The summed E-state index contributed by atoms with van der Waals surface area (Å²) in [6, 6.07) is 0. The van der Waals surface area contributed by atoms with Crippen molar-refractivity contribution in [3.63, 3.8) is 0 Å². The molecule has 7 heteroatoms. The molecular formula is C8H22O5Y2. The Hall–Kier alpha value is 2.01. The Morgan fingerprint density at radius 3 is 1.27 bits per heavy atom. The van der Waals surface area contributed by atoms with Crippen LogP contribution in [0.5, 0.6) is 0 Å². The van der Waals surface area contributed by atoms with Crippen LogP contribution in [0.2, 0.25) is 0 Å². The molecule has 0 aromatic carbocycles. The van der Waals surface area contributed by atoms with E-state index in [2.05, 4.69) is 0 Å². The summed E-state index contributed by atoms with van der Waals surface area (Å²) in [5.41, 5.74) is 0. The third-order valence-electron chi connectivity index (χ3n) is 0.934. The van der Waals surface area contributed by atoms with Gasteiger partial charge in [0.25, 0.3) is 0 Å². The minimum absolute atomic E-state index is 0. The van der Waals surface area contributed by atoms with Crippen molar-refractivity contribution in [2.45, 2.75) is 32.8 Å². The van der Waals surface area contributed by atoms with Crippen molar-refractivity contribution in [2.75, 3.05) is 20.0 Å². The summed E-state index contributed by atoms with van der Waals surface area (Å²) in [5.74, 6) is 0. The van der Waals surface area contributed by atoms with Crippen molar-refractivity contribution >= 4 is 0 Å². The molecule has 0 aliphatic heterocycles. The third kappa shape index (κ3) is 64.0. The molecule has 0 aliphatic carbocycles. The molecule has 15 heavy (non-hydrogen) atoms. The topological polar surface area (TPSA) is 101 Å². The maximum absolute atomic E-state index is 8.70. The van der Waals surface area contributed by atoms with E-state index in [9.17, 15) is 0 Å². The number of hydrogen-bond donors (Lipinski definition) is 5. The van der Waals surface area contributed by atoms with Gasteiger partial charge in [0.2, 0.25) is 0 Å². The number of hydrogen-bond acceptors (Lipinski definition) is 5. The molecule has 5 N–H and O–H groups in total. The summed E-state index contributed by atoms with van der Waals surface area (Å²) in [4.78, 5) is 0. The van der Waals surface area contributed by atoms with Gasteiger partial charge in [-0.3, -0.25) is 0 Å². The van der Waals surface area contributed by atoms with Crippen LogP contribution in [-0.4, -0.2) is 51.6 Å². The second-order valence-corrected chi connectivity index (χ2v) is 2.03. The van der Waals surface area contributed by atoms with Crippen LogP contribution >= 0.6 is 0 Å². The van der Waals surface area contributed by atoms with Gasteiger partial charge in [-0.1, -0.05) is 6.92 Å². The number of aliphatic hydroxyl groups is 5. The Morgan fingerprint density at radius 1 is 0.933 bits per heavy atom. The van der Waals surface area contributed by atoms with E-state index in [4.69, 9.17) is 25.5 Å². The first-order valence-electron chi connectivity index (χ1n) is 4.25. The minimum atomic E-state index is -0.750. The molecule has 1 atom stereocenters. The molecule has 0 spiro atoms. The van der Waals surface area contributed by atoms with Gasteiger partial charge >= 0.3 is 0 Å². The zero-order chi connectivity index (χ0) is 11.1. The average molecular weight is 376 g/mol. The molecule has 5 nitrogen and oxygen atoms in total. The van der Waals surface area contributed by atoms with Crippen LogP contribution in [0.25, 0.3) is 0 Å². The molecule has 0 saturated carbocycles. The van der Waals surface area contributed by atoms with E-state index in [1.165, 1.54) is 0 Å². The minimum Gasteiger partial charge on any atom is -0.397 e. The van der Waals surface area contributed by atoms with Gasteiger partial charge in [-0.05, 0) is 19.8 Å². The summed E-state index contributed by atoms with van der Waals surface area (Å²) >= 11 is 0. The molecule has 0 fully saturated rings. The van der Waals surface area contributed by atoms with E-state index >= 15 is 0 Å². The molecule has 0 rings (SSSR count). The summed E-state index contributed by atoms with van der Waals surface area (Å²) in [6.07, 6.45) is 0.946. The first kappa shape index (κ1) is 30.2. The second kappa shape index (κ2) is 36.0. The molecule has 1 unspecified atom stereocenters. The Morgan fingerprint density at radius 2 is 1.20 bits per heavy atom. The average Bonchev–Trinajstić information content (AvgIpc) is 2.07. The Kier molecular flexibility index (Phi) is 72.5. The van der Waals surface area contributed by atoms with Crippen LogP contribution in [0.1, 0.15) is 26.7 Å². The molecule has 0 aromatic heterocycles. The van der Waals surface area contributed by atoms with Gasteiger partial charge < -0.3 is 25.5 Å². The van der Waals surface area contributed by atoms with E-state index < -0.39 is 6.79 Å². The maximum atomic E-state index is 8.70. The predicted octanol–water partition coefficient (Wildman–Crippen LogP) is -0.938. The van der Waals surface area contributed by atoms with Crippen molar-refractivity contribution in [3.05, 3.63) is 0 Å². The normalized spacial score (nSPS) is 9.00. The zero-order valence-corrected chi connectivity index (χ0v) is 15.2. The van der Waals surface area contributed by atoms with Crippen molar-refractivity contribution in [3.8, 4) is 0 Å². The van der Waals surface area contributed by atoms with Gasteiger partial charge in [0.1, 0.15) is 6.79 Å². The van der Waals surface area contributed by atoms with Crippen molar-refractivity contribution < 1.29 is 91.0 Å². The van der Waals surface area contributed by atoms with Crippen molar-refractivity contribution in [1.29, 1.82) is 0 Å². The quantitative estimate of drug-likeness (QED) is 0.410. The zero-order valence-electron chi connectivity index (χ0n) is 9.50. The fourth-order valence-electron chi connectivity index (χ4n) is 0.353. The van der Waals surface area contributed by atoms with Gasteiger partial charge in [0, 0.05) is 78.6 Å². The third-order valence-corrected chi connectivity index (χ3v) is 0.934. The first-order chi connectivity index (χ1) is 6.14. The van der Waals surface area contributed by atoms with Crippen LogP contribution < -0.4 is 0 Å².